The van der Waals surface area contributed by atoms with Crippen LogP contribution in [0.15, 0.2) is 211 Å². The summed E-state index contributed by atoms with van der Waals surface area (Å²) in [5, 5.41) is 5.23. The lowest BCUT2D eigenvalue weighted by atomic mass is 9.72. The highest BCUT2D eigenvalue weighted by Gasteiger charge is 2.46. The van der Waals surface area contributed by atoms with E-state index in [4.69, 9.17) is 0 Å². The largest absolute Gasteiger partial charge is 0.333 e. The van der Waals surface area contributed by atoms with Gasteiger partial charge < -0.3 is 9.80 Å². The maximum Gasteiger partial charge on any atom is 0.0566 e. The monoisotopic (exact) mass is 964 g/mol. The van der Waals surface area contributed by atoms with E-state index in [2.05, 4.69) is 248 Å². The number of rotatable bonds is 5. The topological polar surface area (TPSA) is 6.48 Å². The number of allylic oxidation sites excluding steroid dienone is 13. The first-order valence-electron chi connectivity index (χ1n) is 27.6. The van der Waals surface area contributed by atoms with Crippen molar-refractivity contribution in [2.45, 2.75) is 64.8 Å². The zero-order valence-electron chi connectivity index (χ0n) is 42.9. The molecule has 0 aromatic heterocycles. The number of anilines is 4. The molecule has 15 rings (SSSR count). The zero-order valence-corrected chi connectivity index (χ0v) is 42.9. The van der Waals surface area contributed by atoms with Gasteiger partial charge in [0.15, 0.2) is 0 Å². The van der Waals surface area contributed by atoms with Gasteiger partial charge in [-0.15, -0.1) is 0 Å². The van der Waals surface area contributed by atoms with Crippen LogP contribution >= 0.6 is 0 Å². The van der Waals surface area contributed by atoms with Crippen molar-refractivity contribution in [3.05, 3.63) is 254 Å². The average Bonchev–Trinajstić information content (AvgIpc) is 3.62. The Kier molecular flexibility index (Phi) is 10.3. The molecule has 75 heavy (non-hydrogen) atoms. The molecule has 2 nitrogen and oxygen atoms in total. The van der Waals surface area contributed by atoms with Crippen molar-refractivity contribution in [3.63, 3.8) is 0 Å². The molecule has 2 aliphatic heterocycles. The number of nitrogens with zero attached hydrogens (tertiary/aromatic N) is 2. The summed E-state index contributed by atoms with van der Waals surface area (Å²) in [6, 6.07) is 51.1. The molecule has 7 aromatic rings. The maximum atomic E-state index is 2.68. The first-order valence-corrected chi connectivity index (χ1v) is 27.6. The highest BCUT2D eigenvalue weighted by molar-refractivity contribution is 6.10. The second-order valence-corrected chi connectivity index (χ2v) is 22.4. The van der Waals surface area contributed by atoms with Gasteiger partial charge in [0.2, 0.25) is 0 Å². The molecule has 0 saturated carbocycles. The standard InChI is InChI=1S/C73H60N2/c1-73(2)65-26-12-11-24-58(65)59-40-37-53(44-66(59)73)57-23-9-10-25-60(57)72-62-42-39-55(74-67-27-13-5-18-48(67)32-33-49-19-6-14-28-68(49)74)45-63(62)71(54-36-31-47-17-3-4-22-52(47)43-54)61-41-38-56(46-64(61)72)75-69-29-15-7-20-50(69)34-35-51-21-8-16-30-70(51)75/h3,5-7,9-20,23-36,39,41-46,56,58,65H,4,8,21-22,37-38,40H2,1-2H3. The number of hydrogen-bond donors (Lipinski definition) is 0. The van der Waals surface area contributed by atoms with Crippen molar-refractivity contribution in [1.29, 1.82) is 0 Å². The number of aryl methyl sites for hydroxylation is 1. The van der Waals surface area contributed by atoms with Gasteiger partial charge in [0, 0.05) is 23.0 Å². The van der Waals surface area contributed by atoms with Crippen LogP contribution in [0.2, 0.25) is 0 Å². The first kappa shape index (κ1) is 44.3. The van der Waals surface area contributed by atoms with Crippen LogP contribution in [0.5, 0.6) is 0 Å². The highest BCUT2D eigenvalue weighted by atomic mass is 15.2. The third-order valence-corrected chi connectivity index (χ3v) is 18.0. The molecule has 2 heterocycles. The van der Waals surface area contributed by atoms with Gasteiger partial charge in [0.05, 0.1) is 17.4 Å². The molecule has 8 aliphatic rings. The van der Waals surface area contributed by atoms with E-state index in [-0.39, 0.29) is 11.5 Å². The van der Waals surface area contributed by atoms with Crippen LogP contribution in [0.4, 0.5) is 22.7 Å². The Morgan fingerprint density at radius 3 is 2.08 bits per heavy atom. The van der Waals surface area contributed by atoms with Crippen LogP contribution in [0.25, 0.3) is 75.1 Å². The fourth-order valence-corrected chi connectivity index (χ4v) is 14.5. The second-order valence-electron chi connectivity index (χ2n) is 22.4. The molecule has 0 amide bonds. The lowest BCUT2D eigenvalue weighted by Crippen LogP contribution is -2.42. The molecule has 0 bridgehead atoms. The summed E-state index contributed by atoms with van der Waals surface area (Å²) in [7, 11) is 0. The lowest BCUT2D eigenvalue weighted by Gasteiger charge is -2.36. The Labute approximate surface area is 441 Å². The van der Waals surface area contributed by atoms with Crippen molar-refractivity contribution < 1.29 is 0 Å². The second kappa shape index (κ2) is 17.5. The van der Waals surface area contributed by atoms with E-state index in [1.807, 2.05) is 0 Å². The molecule has 7 aromatic carbocycles. The quantitative estimate of drug-likeness (QED) is 0.170. The molecule has 3 atom stereocenters. The molecule has 362 valence electrons. The summed E-state index contributed by atoms with van der Waals surface area (Å²) in [5.41, 5.74) is 25.3. The fraction of sp³-hybridized carbons (Fsp3) is 0.178. The molecule has 3 unspecified atom stereocenters. The number of benzene rings is 7. The fourth-order valence-electron chi connectivity index (χ4n) is 14.5. The molecule has 0 spiro atoms. The van der Waals surface area contributed by atoms with Gasteiger partial charge >= 0.3 is 0 Å². The SMILES string of the molecule is CC1(C)C2=C(CCC(c3ccccc3-c3c4c(c(-c5ccc6c(c5)CCC=C6)c5cc(N6c7ccccc7C=Cc7ccccc76)ccc35)=CCC(N3C5=C(C=Cc6ccccc63)CCC=C5)C=4)=C2)C2C=CC=CC21. The van der Waals surface area contributed by atoms with E-state index >= 15 is 0 Å². The van der Waals surface area contributed by atoms with E-state index in [0.717, 1.165) is 50.6 Å². The van der Waals surface area contributed by atoms with Gasteiger partial charge in [0.1, 0.15) is 0 Å². The minimum absolute atomic E-state index is 0.0475. The van der Waals surface area contributed by atoms with Gasteiger partial charge in [0.25, 0.3) is 0 Å². The Bertz CT molecular complexity index is 3990. The van der Waals surface area contributed by atoms with Gasteiger partial charge in [-0.2, -0.15) is 0 Å². The highest BCUT2D eigenvalue weighted by Crippen LogP contribution is 2.57. The van der Waals surface area contributed by atoms with Crippen LogP contribution < -0.4 is 20.2 Å². The Hall–Kier alpha value is -8.20. The first-order chi connectivity index (χ1) is 37.0. The molecular formula is C73H60N2. The molecule has 6 aliphatic carbocycles. The molecule has 2 heteroatoms. The Morgan fingerprint density at radius 1 is 0.547 bits per heavy atom. The van der Waals surface area contributed by atoms with E-state index < -0.39 is 0 Å². The van der Waals surface area contributed by atoms with Crippen molar-refractivity contribution in [3.8, 4) is 22.3 Å². The van der Waals surface area contributed by atoms with Crippen LogP contribution in [-0.2, 0) is 6.42 Å². The Balaban J connectivity index is 1.03. The van der Waals surface area contributed by atoms with Crippen LogP contribution in [-0.4, -0.2) is 6.04 Å². The van der Waals surface area contributed by atoms with Gasteiger partial charge in [-0.1, -0.05) is 208 Å². The van der Waals surface area contributed by atoms with Gasteiger partial charge in [-0.05, 0) is 186 Å². The number of fused-ring (bicyclic) bond motifs is 8. The average molecular weight is 965 g/mol. The number of hydrogen-bond acceptors (Lipinski definition) is 2. The molecule has 0 N–H and O–H groups in total. The molecule has 0 saturated heterocycles. The van der Waals surface area contributed by atoms with Crippen molar-refractivity contribution in [2.24, 2.45) is 17.3 Å². The minimum Gasteiger partial charge on any atom is -0.333 e. The third-order valence-electron chi connectivity index (χ3n) is 18.0. The minimum atomic E-state index is 0.0475. The van der Waals surface area contributed by atoms with E-state index in [1.165, 1.54) is 111 Å². The summed E-state index contributed by atoms with van der Waals surface area (Å²) < 4.78 is 0. The van der Waals surface area contributed by atoms with E-state index in [0.29, 0.717) is 11.8 Å². The molecule has 0 fully saturated rings. The third kappa shape index (κ3) is 7.06. The van der Waals surface area contributed by atoms with Crippen LogP contribution in [0.1, 0.15) is 85.8 Å². The summed E-state index contributed by atoms with van der Waals surface area (Å²) in [6.45, 7) is 4.97. The van der Waals surface area contributed by atoms with E-state index in [1.54, 1.807) is 11.1 Å². The Morgan fingerprint density at radius 2 is 1.25 bits per heavy atom. The van der Waals surface area contributed by atoms with Crippen molar-refractivity contribution in [1.82, 2.24) is 0 Å². The van der Waals surface area contributed by atoms with E-state index in [9.17, 15) is 0 Å². The summed E-state index contributed by atoms with van der Waals surface area (Å²) in [5.74, 6) is 0.978. The van der Waals surface area contributed by atoms with Gasteiger partial charge in [-0.25, -0.2) is 0 Å². The summed E-state index contributed by atoms with van der Waals surface area (Å²) in [4.78, 5) is 5.18. The van der Waals surface area contributed by atoms with Gasteiger partial charge in [-0.3, -0.25) is 0 Å². The molecular weight excluding hydrogens is 905 g/mol. The van der Waals surface area contributed by atoms with Crippen molar-refractivity contribution in [2.75, 3.05) is 9.80 Å². The predicted octanol–water partition coefficient (Wildman–Crippen LogP) is 17.4. The number of para-hydroxylation sites is 3. The predicted molar refractivity (Wildman–Crippen MR) is 319 cm³/mol. The van der Waals surface area contributed by atoms with Crippen LogP contribution in [0, 0.1) is 17.3 Å². The summed E-state index contributed by atoms with van der Waals surface area (Å²) in [6.07, 6.45) is 43.4. The zero-order chi connectivity index (χ0) is 49.8. The maximum absolute atomic E-state index is 2.68. The summed E-state index contributed by atoms with van der Waals surface area (Å²) >= 11 is 0. The van der Waals surface area contributed by atoms with Crippen molar-refractivity contribution >= 4 is 75.6 Å². The normalized spacial score (nSPS) is 21.1. The molecule has 0 radical (unpaired) electrons. The lowest BCUT2D eigenvalue weighted by molar-refractivity contribution is 0.320. The van der Waals surface area contributed by atoms with Crippen LogP contribution in [0.3, 0.4) is 0 Å². The smallest absolute Gasteiger partial charge is 0.0566 e.